The summed E-state index contributed by atoms with van der Waals surface area (Å²) in [7, 11) is 0. The van der Waals surface area contributed by atoms with E-state index in [4.69, 9.17) is 9.47 Å². The molecule has 5 heteroatoms. The van der Waals surface area contributed by atoms with E-state index in [1.165, 1.54) is 0 Å². The van der Waals surface area contributed by atoms with Crippen LogP contribution >= 0.6 is 0 Å². The van der Waals surface area contributed by atoms with Crippen molar-refractivity contribution in [2.75, 3.05) is 26.4 Å². The van der Waals surface area contributed by atoms with E-state index in [0.29, 0.717) is 6.54 Å². The molecule has 0 saturated carbocycles. The van der Waals surface area contributed by atoms with Gasteiger partial charge in [-0.1, -0.05) is 42.5 Å². The number of nitrogens with zero attached hydrogens (tertiary/aromatic N) is 1. The zero-order valence-electron chi connectivity index (χ0n) is 15.8. The van der Waals surface area contributed by atoms with Crippen molar-refractivity contribution in [3.63, 3.8) is 0 Å². The van der Waals surface area contributed by atoms with Crippen LogP contribution in [0.5, 0.6) is 11.5 Å². The highest BCUT2D eigenvalue weighted by Crippen LogP contribution is 2.37. The lowest BCUT2D eigenvalue weighted by Crippen LogP contribution is -2.39. The van der Waals surface area contributed by atoms with Gasteiger partial charge in [0.1, 0.15) is 11.5 Å². The molecule has 4 rings (SSSR count). The van der Waals surface area contributed by atoms with Crippen LogP contribution in [0.25, 0.3) is 5.57 Å². The summed E-state index contributed by atoms with van der Waals surface area (Å²) in [5.74, 6) is 0.700. The lowest BCUT2D eigenvalue weighted by molar-refractivity contribution is -0.143. The Balaban J connectivity index is 1.58. The summed E-state index contributed by atoms with van der Waals surface area (Å²) in [6.07, 6.45) is 4.79. The van der Waals surface area contributed by atoms with Crippen molar-refractivity contribution in [3.05, 3.63) is 65.7 Å². The normalized spacial score (nSPS) is 19.3. The van der Waals surface area contributed by atoms with E-state index in [2.05, 4.69) is 23.1 Å². The number of likely N-dealkylation sites (tertiary alicyclic amines) is 1. The van der Waals surface area contributed by atoms with E-state index >= 15 is 0 Å². The summed E-state index contributed by atoms with van der Waals surface area (Å²) in [6.45, 7) is 2.63. The molecule has 1 saturated heterocycles. The summed E-state index contributed by atoms with van der Waals surface area (Å²) in [5.41, 5.74) is 3.21. The second-order valence-corrected chi connectivity index (χ2v) is 7.28. The monoisotopic (exact) mass is 379 g/mol. The Morgan fingerprint density at radius 3 is 2.36 bits per heavy atom. The van der Waals surface area contributed by atoms with Crippen LogP contribution in [0.15, 0.2) is 54.6 Å². The number of carboxylic acids is 1. The molecular formula is C23H25NO4. The van der Waals surface area contributed by atoms with Gasteiger partial charge in [-0.2, -0.15) is 0 Å². The zero-order chi connectivity index (χ0) is 19.3. The SMILES string of the molecule is O=C(O)C1CCCN(CCC=C2c3ccccc3OCOc3ccccc32)C1. The molecule has 28 heavy (non-hydrogen) atoms. The van der Waals surface area contributed by atoms with E-state index in [0.717, 1.165) is 60.6 Å². The summed E-state index contributed by atoms with van der Waals surface area (Å²) >= 11 is 0. The highest BCUT2D eigenvalue weighted by atomic mass is 16.7. The van der Waals surface area contributed by atoms with Gasteiger partial charge in [0.25, 0.3) is 0 Å². The fourth-order valence-electron chi connectivity index (χ4n) is 4.00. The van der Waals surface area contributed by atoms with Gasteiger partial charge < -0.3 is 19.5 Å². The molecule has 2 aliphatic heterocycles. The summed E-state index contributed by atoms with van der Waals surface area (Å²) in [6, 6.07) is 16.0. The number of hydrogen-bond acceptors (Lipinski definition) is 4. The molecule has 0 radical (unpaired) electrons. The van der Waals surface area contributed by atoms with Gasteiger partial charge in [-0.3, -0.25) is 4.79 Å². The average Bonchev–Trinajstić information content (AvgIpc) is 2.71. The van der Waals surface area contributed by atoms with Gasteiger partial charge in [0.2, 0.25) is 6.79 Å². The number of hydrogen-bond donors (Lipinski definition) is 1. The van der Waals surface area contributed by atoms with Crippen LogP contribution in [0, 0.1) is 5.92 Å². The highest BCUT2D eigenvalue weighted by molar-refractivity contribution is 5.85. The Morgan fingerprint density at radius 2 is 1.71 bits per heavy atom. The van der Waals surface area contributed by atoms with Crippen LogP contribution in [-0.4, -0.2) is 42.4 Å². The van der Waals surface area contributed by atoms with Crippen LogP contribution in [0.2, 0.25) is 0 Å². The molecule has 2 aromatic carbocycles. The second kappa shape index (κ2) is 8.48. The van der Waals surface area contributed by atoms with Crippen molar-refractivity contribution < 1.29 is 19.4 Å². The number of carbonyl (C=O) groups is 1. The maximum atomic E-state index is 11.3. The fraction of sp³-hybridized carbons (Fsp3) is 0.348. The van der Waals surface area contributed by atoms with Gasteiger partial charge in [-0.25, -0.2) is 0 Å². The predicted molar refractivity (Wildman–Crippen MR) is 108 cm³/mol. The van der Waals surface area contributed by atoms with Crippen LogP contribution in [0.1, 0.15) is 30.4 Å². The first-order chi connectivity index (χ1) is 13.7. The molecule has 1 unspecified atom stereocenters. The summed E-state index contributed by atoms with van der Waals surface area (Å²) < 4.78 is 11.6. The highest BCUT2D eigenvalue weighted by Gasteiger charge is 2.25. The molecule has 0 aliphatic carbocycles. The van der Waals surface area contributed by atoms with Crippen molar-refractivity contribution >= 4 is 11.5 Å². The Morgan fingerprint density at radius 1 is 1.07 bits per heavy atom. The Hall–Kier alpha value is -2.79. The first-order valence-electron chi connectivity index (χ1n) is 9.82. The van der Waals surface area contributed by atoms with Crippen LogP contribution < -0.4 is 9.47 Å². The smallest absolute Gasteiger partial charge is 0.307 e. The molecule has 0 spiro atoms. The van der Waals surface area contributed by atoms with Gasteiger partial charge in [0.15, 0.2) is 0 Å². The molecule has 1 atom stereocenters. The molecule has 2 aromatic rings. The third kappa shape index (κ3) is 4.04. The van der Waals surface area contributed by atoms with Crippen molar-refractivity contribution in [2.45, 2.75) is 19.3 Å². The van der Waals surface area contributed by atoms with Gasteiger partial charge in [0.05, 0.1) is 5.92 Å². The molecule has 1 fully saturated rings. The molecule has 2 heterocycles. The van der Waals surface area contributed by atoms with E-state index in [1.54, 1.807) is 0 Å². The molecule has 1 N–H and O–H groups in total. The largest absolute Gasteiger partial charge is 0.481 e. The minimum atomic E-state index is -0.680. The molecule has 2 aliphatic rings. The molecule has 0 amide bonds. The first kappa shape index (κ1) is 18.6. The Labute approximate surface area is 165 Å². The Bertz CT molecular complexity index is 827. The van der Waals surface area contributed by atoms with E-state index < -0.39 is 5.97 Å². The van der Waals surface area contributed by atoms with Crippen molar-refractivity contribution in [3.8, 4) is 11.5 Å². The first-order valence-corrected chi connectivity index (χ1v) is 9.82. The van der Waals surface area contributed by atoms with Crippen LogP contribution in [-0.2, 0) is 4.79 Å². The summed E-state index contributed by atoms with van der Waals surface area (Å²) in [5, 5.41) is 9.30. The number of benzene rings is 2. The lowest BCUT2D eigenvalue weighted by Gasteiger charge is -2.30. The average molecular weight is 379 g/mol. The standard InChI is InChI=1S/C23H25NO4/c25-23(26)17-7-5-13-24(15-17)14-6-10-18-19-8-1-3-11-21(19)27-16-28-22-12-4-2-9-20(18)22/h1-4,8-12,17H,5-7,13-16H2,(H,25,26). The Kier molecular flexibility index (Phi) is 5.63. The van der Waals surface area contributed by atoms with Crippen molar-refractivity contribution in [1.29, 1.82) is 0 Å². The van der Waals surface area contributed by atoms with Gasteiger partial charge in [-0.15, -0.1) is 0 Å². The molecular weight excluding hydrogens is 354 g/mol. The van der Waals surface area contributed by atoms with Gasteiger partial charge >= 0.3 is 5.97 Å². The third-order valence-electron chi connectivity index (χ3n) is 5.43. The topological polar surface area (TPSA) is 59.0 Å². The van der Waals surface area contributed by atoms with Gasteiger partial charge in [0, 0.05) is 24.2 Å². The van der Waals surface area contributed by atoms with Crippen molar-refractivity contribution in [1.82, 2.24) is 4.90 Å². The number of aliphatic carboxylic acids is 1. The van der Waals surface area contributed by atoms with E-state index in [-0.39, 0.29) is 12.7 Å². The molecule has 146 valence electrons. The number of rotatable bonds is 4. The number of ether oxygens (including phenoxy) is 2. The minimum absolute atomic E-state index is 0.186. The maximum Gasteiger partial charge on any atom is 0.307 e. The number of piperidine rings is 1. The second-order valence-electron chi connectivity index (χ2n) is 7.28. The predicted octanol–water partition coefficient (Wildman–Crippen LogP) is 4.03. The number of carboxylic acid groups (broad SMARTS) is 1. The lowest BCUT2D eigenvalue weighted by atomic mass is 9.94. The maximum absolute atomic E-state index is 11.3. The van der Waals surface area contributed by atoms with Crippen molar-refractivity contribution in [2.24, 2.45) is 5.92 Å². The van der Waals surface area contributed by atoms with Crippen LogP contribution in [0.4, 0.5) is 0 Å². The number of fused-ring (bicyclic) bond motifs is 2. The molecule has 0 bridgehead atoms. The fourth-order valence-corrected chi connectivity index (χ4v) is 4.00. The zero-order valence-corrected chi connectivity index (χ0v) is 15.8. The molecule has 0 aromatic heterocycles. The van der Waals surface area contributed by atoms with Gasteiger partial charge in [-0.05, 0) is 43.5 Å². The number of para-hydroxylation sites is 2. The van der Waals surface area contributed by atoms with Crippen LogP contribution in [0.3, 0.4) is 0 Å². The third-order valence-corrected chi connectivity index (χ3v) is 5.43. The van der Waals surface area contributed by atoms with E-state index in [1.807, 2.05) is 36.4 Å². The quantitative estimate of drug-likeness (QED) is 0.869. The summed E-state index contributed by atoms with van der Waals surface area (Å²) in [4.78, 5) is 13.6. The minimum Gasteiger partial charge on any atom is -0.481 e. The molecule has 5 nitrogen and oxygen atoms in total. The van der Waals surface area contributed by atoms with E-state index in [9.17, 15) is 9.90 Å².